The van der Waals surface area contributed by atoms with Gasteiger partial charge in [0.2, 0.25) is 0 Å². The molecule has 0 unspecified atom stereocenters. The van der Waals surface area contributed by atoms with Gasteiger partial charge in [-0.05, 0) is 43.8 Å². The largest absolute Gasteiger partial charge is 0.497 e. The van der Waals surface area contributed by atoms with Crippen molar-refractivity contribution in [3.63, 3.8) is 0 Å². The molecule has 0 aliphatic carbocycles. The Morgan fingerprint density at radius 2 is 2.08 bits per heavy atom. The summed E-state index contributed by atoms with van der Waals surface area (Å²) in [6, 6.07) is 7.99. The zero-order valence-electron chi connectivity index (χ0n) is 14.5. The maximum Gasteiger partial charge on any atom is 0.170 e. The van der Waals surface area contributed by atoms with E-state index in [1.165, 1.54) is 0 Å². The molecule has 0 saturated carbocycles. The Balaban J connectivity index is 2.09. The van der Waals surface area contributed by atoms with Gasteiger partial charge in [0.05, 0.1) is 37.3 Å². The number of thiocarbonyl (C=S) groups is 1. The lowest BCUT2D eigenvalue weighted by molar-refractivity contribution is 0.204. The van der Waals surface area contributed by atoms with Gasteiger partial charge in [-0.15, -0.1) is 0 Å². The topological polar surface area (TPSA) is 60.3 Å². The van der Waals surface area contributed by atoms with Crippen molar-refractivity contribution >= 4 is 23.0 Å². The van der Waals surface area contributed by atoms with Crippen molar-refractivity contribution in [1.82, 2.24) is 15.1 Å². The summed E-state index contributed by atoms with van der Waals surface area (Å²) in [4.78, 5) is 0. The van der Waals surface area contributed by atoms with Gasteiger partial charge in [0.15, 0.2) is 5.11 Å². The first-order valence-electron chi connectivity index (χ1n) is 7.76. The van der Waals surface area contributed by atoms with Crippen molar-refractivity contribution in [2.45, 2.75) is 20.4 Å². The van der Waals surface area contributed by atoms with Gasteiger partial charge in [0.25, 0.3) is 0 Å². The molecule has 2 rings (SSSR count). The van der Waals surface area contributed by atoms with E-state index < -0.39 is 0 Å². The Bertz CT molecular complexity index is 700. The molecule has 0 aliphatic rings. The molecule has 0 aliphatic heterocycles. The molecule has 24 heavy (non-hydrogen) atoms. The first-order valence-corrected chi connectivity index (χ1v) is 8.16. The van der Waals surface area contributed by atoms with E-state index in [0.717, 1.165) is 28.4 Å². The van der Waals surface area contributed by atoms with E-state index in [2.05, 4.69) is 21.8 Å². The van der Waals surface area contributed by atoms with Crippen LogP contribution in [0.15, 0.2) is 24.3 Å². The predicted molar refractivity (Wildman–Crippen MR) is 99.9 cm³/mol. The fourth-order valence-corrected chi connectivity index (χ4v) is 2.60. The summed E-state index contributed by atoms with van der Waals surface area (Å²) >= 11 is 5.31. The average molecular weight is 348 g/mol. The van der Waals surface area contributed by atoms with Crippen LogP contribution in [0.4, 0.5) is 5.69 Å². The minimum absolute atomic E-state index is 0.569. The number of aryl methyl sites for hydroxylation is 1. The van der Waals surface area contributed by atoms with Gasteiger partial charge in [-0.25, -0.2) is 0 Å². The Hall–Kier alpha value is -2.12. The molecule has 1 heterocycles. The zero-order chi connectivity index (χ0) is 17.5. The number of aromatic nitrogens is 2. The number of benzene rings is 1. The molecular formula is C17H24N4O2S. The highest BCUT2D eigenvalue weighted by atomic mass is 32.1. The summed E-state index contributed by atoms with van der Waals surface area (Å²) in [7, 11) is 3.33. The molecule has 0 atom stereocenters. The van der Waals surface area contributed by atoms with Gasteiger partial charge in [0.1, 0.15) is 5.75 Å². The van der Waals surface area contributed by atoms with Crippen LogP contribution in [-0.2, 0) is 11.3 Å². The van der Waals surface area contributed by atoms with E-state index in [9.17, 15) is 0 Å². The van der Waals surface area contributed by atoms with Crippen molar-refractivity contribution in [2.75, 3.05) is 32.7 Å². The molecule has 0 radical (unpaired) electrons. The summed E-state index contributed by atoms with van der Waals surface area (Å²) in [5.74, 6) is 0.843. The highest BCUT2D eigenvalue weighted by Crippen LogP contribution is 2.21. The molecule has 0 amide bonds. The Morgan fingerprint density at radius 3 is 2.79 bits per heavy atom. The number of methoxy groups -OCH3 is 2. The molecule has 130 valence electrons. The van der Waals surface area contributed by atoms with E-state index in [1.54, 1.807) is 14.2 Å². The van der Waals surface area contributed by atoms with Crippen LogP contribution in [0.5, 0.6) is 5.75 Å². The maximum atomic E-state index is 5.31. The molecule has 6 nitrogen and oxygen atoms in total. The van der Waals surface area contributed by atoms with Gasteiger partial charge in [0, 0.05) is 13.7 Å². The minimum atomic E-state index is 0.569. The van der Waals surface area contributed by atoms with Crippen molar-refractivity contribution in [1.29, 1.82) is 0 Å². The van der Waals surface area contributed by atoms with Crippen LogP contribution in [0.1, 0.15) is 17.0 Å². The van der Waals surface area contributed by atoms with Crippen molar-refractivity contribution in [3.05, 3.63) is 41.2 Å². The van der Waals surface area contributed by atoms with Crippen molar-refractivity contribution in [2.24, 2.45) is 0 Å². The molecule has 0 spiro atoms. The number of rotatable bonds is 7. The number of anilines is 1. The number of hydrogen-bond donors (Lipinski definition) is 2. The first-order chi connectivity index (χ1) is 11.5. The highest BCUT2D eigenvalue weighted by molar-refractivity contribution is 7.80. The Kier molecular flexibility index (Phi) is 6.57. The second kappa shape index (κ2) is 8.65. The molecule has 2 aromatic rings. The first kappa shape index (κ1) is 18.2. The minimum Gasteiger partial charge on any atom is -0.497 e. The fraction of sp³-hybridized carbons (Fsp3) is 0.412. The van der Waals surface area contributed by atoms with Crippen LogP contribution < -0.4 is 15.4 Å². The normalized spacial score (nSPS) is 10.5. The smallest absolute Gasteiger partial charge is 0.170 e. The summed E-state index contributed by atoms with van der Waals surface area (Å²) < 4.78 is 12.2. The standard InChI is InChI=1S/C17H24N4O2S/c1-12-16(19-17(24)18-8-9-22-3)13(2)21(20-12)11-14-6-5-7-15(10-14)23-4/h5-7,10H,8-9,11H2,1-4H3,(H2,18,19,24). The third-order valence-electron chi connectivity index (χ3n) is 3.68. The lowest BCUT2D eigenvalue weighted by atomic mass is 10.2. The second-order valence-corrected chi connectivity index (χ2v) is 5.84. The summed E-state index contributed by atoms with van der Waals surface area (Å²) in [5, 5.41) is 11.5. The lowest BCUT2D eigenvalue weighted by Crippen LogP contribution is -2.31. The van der Waals surface area contributed by atoms with Crippen LogP contribution in [0.3, 0.4) is 0 Å². The van der Waals surface area contributed by atoms with Crippen molar-refractivity contribution < 1.29 is 9.47 Å². The van der Waals surface area contributed by atoms with Crippen LogP contribution in [0.25, 0.3) is 0 Å². The third-order valence-corrected chi connectivity index (χ3v) is 3.92. The van der Waals surface area contributed by atoms with Gasteiger partial charge < -0.3 is 20.1 Å². The Morgan fingerprint density at radius 1 is 1.29 bits per heavy atom. The maximum absolute atomic E-state index is 5.31. The van der Waals surface area contributed by atoms with Gasteiger partial charge in [-0.3, -0.25) is 4.68 Å². The second-order valence-electron chi connectivity index (χ2n) is 5.43. The molecule has 1 aromatic heterocycles. The quantitative estimate of drug-likeness (QED) is 0.592. The van der Waals surface area contributed by atoms with E-state index in [-0.39, 0.29) is 0 Å². The SMILES string of the molecule is COCCNC(=S)Nc1c(C)nn(Cc2cccc(OC)c2)c1C. The number of ether oxygens (including phenoxy) is 2. The van der Waals surface area contributed by atoms with Gasteiger partial charge >= 0.3 is 0 Å². The van der Waals surface area contributed by atoms with Crippen molar-refractivity contribution in [3.8, 4) is 5.75 Å². The van der Waals surface area contributed by atoms with Crippen LogP contribution in [-0.4, -0.2) is 42.3 Å². The monoisotopic (exact) mass is 348 g/mol. The number of nitrogens with zero attached hydrogens (tertiary/aromatic N) is 2. The van der Waals surface area contributed by atoms with Crippen LogP contribution in [0, 0.1) is 13.8 Å². The molecular weight excluding hydrogens is 324 g/mol. The number of nitrogens with one attached hydrogen (secondary N) is 2. The highest BCUT2D eigenvalue weighted by Gasteiger charge is 2.13. The molecule has 7 heteroatoms. The number of hydrogen-bond acceptors (Lipinski definition) is 4. The molecule has 2 N–H and O–H groups in total. The predicted octanol–water partition coefficient (Wildman–Crippen LogP) is 2.49. The van der Waals surface area contributed by atoms with Crippen LogP contribution >= 0.6 is 12.2 Å². The van der Waals surface area contributed by atoms with E-state index in [1.807, 2.05) is 36.7 Å². The third kappa shape index (κ3) is 4.69. The van der Waals surface area contributed by atoms with Crippen LogP contribution in [0.2, 0.25) is 0 Å². The molecule has 0 fully saturated rings. The summed E-state index contributed by atoms with van der Waals surface area (Å²) in [6.45, 7) is 5.94. The van der Waals surface area contributed by atoms with E-state index in [4.69, 9.17) is 21.7 Å². The van der Waals surface area contributed by atoms with E-state index >= 15 is 0 Å². The average Bonchev–Trinajstić information content (AvgIpc) is 2.83. The molecule has 1 aromatic carbocycles. The zero-order valence-corrected chi connectivity index (χ0v) is 15.4. The lowest BCUT2D eigenvalue weighted by Gasteiger charge is -2.11. The van der Waals surface area contributed by atoms with Gasteiger partial charge in [-0.1, -0.05) is 12.1 Å². The fourth-order valence-electron chi connectivity index (χ4n) is 2.40. The Labute approximate surface area is 148 Å². The molecule has 0 saturated heterocycles. The summed E-state index contributed by atoms with van der Waals surface area (Å²) in [5.41, 5.74) is 4.01. The van der Waals surface area contributed by atoms with E-state index in [0.29, 0.717) is 24.8 Å². The summed E-state index contributed by atoms with van der Waals surface area (Å²) in [6.07, 6.45) is 0. The van der Waals surface area contributed by atoms with Gasteiger partial charge in [-0.2, -0.15) is 5.10 Å². The molecule has 0 bridgehead atoms.